The molecule has 0 saturated carbocycles. The van der Waals surface area contributed by atoms with Crippen LogP contribution in [0.1, 0.15) is 11.1 Å². The lowest BCUT2D eigenvalue weighted by atomic mass is 10.2. The molecule has 0 aliphatic heterocycles. The van der Waals surface area contributed by atoms with E-state index in [-0.39, 0.29) is 19.1 Å². The molecule has 3 N–H and O–H groups in total. The number of halogens is 2. The summed E-state index contributed by atoms with van der Waals surface area (Å²) >= 11 is 7.97. The Kier molecular flexibility index (Phi) is 10.7. The molecule has 0 aliphatic carbocycles. The third-order valence-electron chi connectivity index (χ3n) is 4.91. The molecule has 3 rings (SSSR count). The number of carbonyl (C=O) groups excluding carboxylic acids is 3. The van der Waals surface area contributed by atoms with Gasteiger partial charge in [-0.1, -0.05) is 29.8 Å². The van der Waals surface area contributed by atoms with Crippen molar-refractivity contribution in [2.45, 2.75) is 6.54 Å². The van der Waals surface area contributed by atoms with Crippen molar-refractivity contribution >= 4 is 63.8 Å². The molecule has 12 heteroatoms. The molecule has 3 amide bonds. The van der Waals surface area contributed by atoms with E-state index in [0.717, 1.165) is 5.56 Å². The Balaban J connectivity index is 1.53. The van der Waals surface area contributed by atoms with Gasteiger partial charge < -0.3 is 24.8 Å². The Morgan fingerprint density at radius 1 is 1.00 bits per heavy atom. The van der Waals surface area contributed by atoms with Crippen LogP contribution in [0, 0.1) is 3.57 Å². The number of nitrogens with zero attached hydrogens (tertiary/aromatic N) is 1. The van der Waals surface area contributed by atoms with Gasteiger partial charge >= 0.3 is 11.8 Å². The molecule has 0 spiro atoms. The highest BCUT2D eigenvalue weighted by Gasteiger charge is 2.15. The third-order valence-corrected chi connectivity index (χ3v) is 5.94. The average molecular weight is 651 g/mol. The monoisotopic (exact) mass is 650 g/mol. The van der Waals surface area contributed by atoms with Crippen LogP contribution in [0.2, 0.25) is 5.02 Å². The molecule has 0 unspecified atom stereocenters. The van der Waals surface area contributed by atoms with Gasteiger partial charge in [-0.2, -0.15) is 5.10 Å². The van der Waals surface area contributed by atoms with E-state index in [1.807, 2.05) is 22.6 Å². The molecule has 3 aromatic carbocycles. The highest BCUT2D eigenvalue weighted by molar-refractivity contribution is 14.1. The molecule has 0 aromatic heterocycles. The summed E-state index contributed by atoms with van der Waals surface area (Å²) in [6, 6.07) is 17.2. The largest absolute Gasteiger partial charge is 0.497 e. The fourth-order valence-electron chi connectivity index (χ4n) is 3.08. The van der Waals surface area contributed by atoms with Crippen LogP contribution in [-0.4, -0.2) is 44.8 Å². The molecule has 0 radical (unpaired) electrons. The lowest BCUT2D eigenvalue weighted by molar-refractivity contribution is -0.139. The Bertz CT molecular complexity index is 1330. The van der Waals surface area contributed by atoms with Gasteiger partial charge in [-0.05, 0) is 76.2 Å². The molecular weight excluding hydrogens is 627 g/mol. The van der Waals surface area contributed by atoms with E-state index < -0.39 is 11.8 Å². The minimum atomic E-state index is -0.915. The summed E-state index contributed by atoms with van der Waals surface area (Å²) in [5.74, 6) is -0.695. The number of benzene rings is 3. The van der Waals surface area contributed by atoms with Gasteiger partial charge in [0.2, 0.25) is 0 Å². The van der Waals surface area contributed by atoms with E-state index in [1.165, 1.54) is 13.3 Å². The maximum Gasteiger partial charge on any atom is 0.329 e. The fourth-order valence-corrected chi connectivity index (χ4v) is 4.05. The number of hydrogen-bond acceptors (Lipinski definition) is 7. The van der Waals surface area contributed by atoms with Crippen molar-refractivity contribution in [1.29, 1.82) is 0 Å². The number of rotatable bonds is 10. The second kappa shape index (κ2) is 14.2. The maximum absolute atomic E-state index is 12.3. The summed E-state index contributed by atoms with van der Waals surface area (Å²) in [6.07, 6.45) is 1.36. The van der Waals surface area contributed by atoms with E-state index in [2.05, 4.69) is 21.2 Å². The summed E-state index contributed by atoms with van der Waals surface area (Å²) in [5, 5.41) is 9.56. The molecule has 38 heavy (non-hydrogen) atoms. The maximum atomic E-state index is 12.3. The van der Waals surface area contributed by atoms with Crippen molar-refractivity contribution in [2.24, 2.45) is 5.10 Å². The zero-order valence-electron chi connectivity index (χ0n) is 20.4. The molecule has 0 fully saturated rings. The van der Waals surface area contributed by atoms with Gasteiger partial charge in [-0.3, -0.25) is 14.4 Å². The molecular formula is C26H24ClIN4O6. The van der Waals surface area contributed by atoms with Crippen molar-refractivity contribution in [1.82, 2.24) is 10.7 Å². The topological polar surface area (TPSA) is 127 Å². The Morgan fingerprint density at radius 2 is 1.76 bits per heavy atom. The normalized spacial score (nSPS) is 10.5. The molecule has 0 aliphatic rings. The second-order valence-electron chi connectivity index (χ2n) is 7.61. The van der Waals surface area contributed by atoms with Crippen LogP contribution in [0.15, 0.2) is 65.8 Å². The van der Waals surface area contributed by atoms with Crippen molar-refractivity contribution in [3.05, 3.63) is 80.4 Å². The summed E-state index contributed by atoms with van der Waals surface area (Å²) in [5.41, 5.74) is 4.11. The average Bonchev–Trinajstić information content (AvgIpc) is 2.91. The summed E-state index contributed by atoms with van der Waals surface area (Å²) in [4.78, 5) is 36.4. The van der Waals surface area contributed by atoms with Gasteiger partial charge in [0.25, 0.3) is 5.91 Å². The molecule has 0 heterocycles. The molecule has 0 atom stereocenters. The van der Waals surface area contributed by atoms with Gasteiger partial charge in [0.05, 0.1) is 24.0 Å². The Morgan fingerprint density at radius 3 is 2.45 bits per heavy atom. The third kappa shape index (κ3) is 8.63. The lowest BCUT2D eigenvalue weighted by Gasteiger charge is -2.13. The zero-order valence-corrected chi connectivity index (χ0v) is 23.3. The van der Waals surface area contributed by atoms with Gasteiger partial charge in [0.15, 0.2) is 18.1 Å². The molecule has 10 nitrogen and oxygen atoms in total. The zero-order chi connectivity index (χ0) is 27.5. The number of hydrazone groups is 1. The predicted octanol–water partition coefficient (Wildman–Crippen LogP) is 3.75. The van der Waals surface area contributed by atoms with E-state index in [9.17, 15) is 14.4 Å². The number of amides is 3. The Labute approximate surface area is 237 Å². The molecule has 0 bridgehead atoms. The Hall–Kier alpha value is -3.84. The van der Waals surface area contributed by atoms with E-state index in [1.54, 1.807) is 67.8 Å². The number of anilines is 1. The van der Waals surface area contributed by atoms with Crippen LogP contribution < -0.4 is 30.3 Å². The molecule has 198 valence electrons. The first-order chi connectivity index (χ1) is 18.3. The van der Waals surface area contributed by atoms with Crippen molar-refractivity contribution < 1.29 is 28.6 Å². The van der Waals surface area contributed by atoms with Crippen LogP contribution in [0.25, 0.3) is 0 Å². The predicted molar refractivity (Wildman–Crippen MR) is 152 cm³/mol. The minimum Gasteiger partial charge on any atom is -0.497 e. The second-order valence-corrected chi connectivity index (χ2v) is 9.21. The van der Waals surface area contributed by atoms with E-state index in [0.29, 0.717) is 37.1 Å². The van der Waals surface area contributed by atoms with Crippen LogP contribution >= 0.6 is 34.2 Å². The van der Waals surface area contributed by atoms with Crippen LogP contribution in [0.4, 0.5) is 5.69 Å². The van der Waals surface area contributed by atoms with Crippen molar-refractivity contribution in [2.75, 3.05) is 26.1 Å². The number of nitrogens with one attached hydrogen (secondary N) is 3. The summed E-state index contributed by atoms with van der Waals surface area (Å²) in [7, 11) is 3.02. The number of carbonyl (C=O) groups is 3. The van der Waals surface area contributed by atoms with Crippen LogP contribution in [0.5, 0.6) is 17.2 Å². The highest BCUT2D eigenvalue weighted by atomic mass is 127. The quantitative estimate of drug-likeness (QED) is 0.133. The van der Waals surface area contributed by atoms with Gasteiger partial charge in [-0.25, -0.2) is 5.43 Å². The van der Waals surface area contributed by atoms with Gasteiger partial charge in [0, 0.05) is 17.3 Å². The number of hydrogen-bond donors (Lipinski definition) is 3. The standard InChI is InChI=1S/C26H24ClIN4O6/c1-36-20-8-6-16(7-9-20)13-29-25(34)26(35)32-30-14-17-10-21(28)24(22(11-17)37-2)38-15-23(33)31-19-5-3-4-18(27)12-19/h3-12,14H,13,15H2,1-2H3,(H,29,34)(H,31,33)(H,32,35)/b30-14-. The van der Waals surface area contributed by atoms with Crippen LogP contribution in [-0.2, 0) is 20.9 Å². The summed E-state index contributed by atoms with van der Waals surface area (Å²) < 4.78 is 16.8. The fraction of sp³-hybridized carbons (Fsp3) is 0.154. The van der Waals surface area contributed by atoms with Crippen molar-refractivity contribution in [3.63, 3.8) is 0 Å². The van der Waals surface area contributed by atoms with Gasteiger partial charge in [-0.15, -0.1) is 0 Å². The van der Waals surface area contributed by atoms with Gasteiger partial charge in [0.1, 0.15) is 5.75 Å². The number of methoxy groups -OCH3 is 2. The molecule has 3 aromatic rings. The highest BCUT2D eigenvalue weighted by Crippen LogP contribution is 2.33. The smallest absolute Gasteiger partial charge is 0.329 e. The lowest BCUT2D eigenvalue weighted by Crippen LogP contribution is -2.37. The SMILES string of the molecule is COc1ccc(CNC(=O)C(=O)N/N=C\c2cc(I)c(OCC(=O)Nc3cccc(Cl)c3)c(OC)c2)cc1. The van der Waals surface area contributed by atoms with E-state index in [4.69, 9.17) is 25.8 Å². The summed E-state index contributed by atoms with van der Waals surface area (Å²) in [6.45, 7) is -0.0814. The molecule has 0 saturated heterocycles. The van der Waals surface area contributed by atoms with Crippen molar-refractivity contribution in [3.8, 4) is 17.2 Å². The number of ether oxygens (including phenoxy) is 3. The first-order valence-corrected chi connectivity index (χ1v) is 12.5. The minimum absolute atomic E-state index is 0.175. The van der Waals surface area contributed by atoms with Crippen LogP contribution in [0.3, 0.4) is 0 Å². The van der Waals surface area contributed by atoms with E-state index >= 15 is 0 Å². The first kappa shape index (κ1) is 28.7. The first-order valence-electron chi connectivity index (χ1n) is 11.1.